The Balaban J connectivity index is 1.65. The lowest BCUT2D eigenvalue weighted by molar-refractivity contribution is -0.123. The minimum atomic E-state index is -0.214. The van der Waals surface area contributed by atoms with E-state index in [0.717, 1.165) is 31.6 Å². The Bertz CT molecular complexity index is 699. The van der Waals surface area contributed by atoms with E-state index < -0.39 is 0 Å². The first-order valence-electron chi connectivity index (χ1n) is 7.94. The summed E-state index contributed by atoms with van der Waals surface area (Å²) in [7, 11) is 0. The number of piperidine rings is 1. The maximum absolute atomic E-state index is 11.2. The molecule has 8 heteroatoms. The second-order valence-corrected chi connectivity index (χ2v) is 5.88. The zero-order valence-electron chi connectivity index (χ0n) is 13.4. The molecule has 1 saturated heterocycles. The minimum Gasteiger partial charge on any atom is -0.369 e. The first-order chi connectivity index (χ1) is 11.6. The smallest absolute Gasteiger partial charge is 0.232 e. The van der Waals surface area contributed by atoms with Crippen LogP contribution < -0.4 is 16.8 Å². The van der Waals surface area contributed by atoms with Gasteiger partial charge in [-0.3, -0.25) is 9.69 Å². The number of benzene rings is 1. The number of aromatic nitrogens is 3. The number of nitrogens with one attached hydrogen (secondary N) is 1. The van der Waals surface area contributed by atoms with E-state index in [-0.39, 0.29) is 17.8 Å². The number of amides is 1. The number of nitrogen functional groups attached to an aromatic ring is 1. The molecule has 1 aliphatic rings. The number of nitrogens with zero attached hydrogens (tertiary/aromatic N) is 4. The van der Waals surface area contributed by atoms with Gasteiger partial charge in [-0.15, -0.1) is 0 Å². The molecule has 2 aromatic rings. The van der Waals surface area contributed by atoms with Crippen LogP contribution in [0.5, 0.6) is 0 Å². The summed E-state index contributed by atoms with van der Waals surface area (Å²) in [6, 6.07) is 9.64. The fourth-order valence-corrected chi connectivity index (χ4v) is 2.79. The Morgan fingerprint density at radius 3 is 2.54 bits per heavy atom. The average Bonchev–Trinajstić information content (AvgIpc) is 2.55. The van der Waals surface area contributed by atoms with Crippen molar-refractivity contribution in [2.75, 3.05) is 24.1 Å². The van der Waals surface area contributed by atoms with Gasteiger partial charge in [-0.05, 0) is 38.1 Å². The molecule has 5 N–H and O–H groups in total. The van der Waals surface area contributed by atoms with Gasteiger partial charge in [-0.25, -0.2) is 0 Å². The van der Waals surface area contributed by atoms with Crippen molar-refractivity contribution < 1.29 is 4.79 Å². The third kappa shape index (κ3) is 4.17. The Morgan fingerprint density at radius 1 is 1.17 bits per heavy atom. The van der Waals surface area contributed by atoms with E-state index in [9.17, 15) is 4.79 Å². The van der Waals surface area contributed by atoms with Crippen LogP contribution in [0.2, 0.25) is 0 Å². The van der Waals surface area contributed by atoms with Gasteiger partial charge in [0.2, 0.25) is 17.8 Å². The fourth-order valence-electron chi connectivity index (χ4n) is 2.79. The molecular formula is C16H21N7O. The van der Waals surface area contributed by atoms with Gasteiger partial charge in [0.15, 0.2) is 0 Å². The molecule has 1 aromatic heterocycles. The molecule has 24 heavy (non-hydrogen) atoms. The van der Waals surface area contributed by atoms with Gasteiger partial charge in [0.1, 0.15) is 5.82 Å². The topological polar surface area (TPSA) is 123 Å². The molecule has 3 rings (SSSR count). The molecule has 126 valence electrons. The van der Waals surface area contributed by atoms with Gasteiger partial charge in [0, 0.05) is 11.6 Å². The number of hydrogen-bond acceptors (Lipinski definition) is 7. The number of likely N-dealkylation sites (tertiary alicyclic amines) is 1. The summed E-state index contributed by atoms with van der Waals surface area (Å²) >= 11 is 0. The summed E-state index contributed by atoms with van der Waals surface area (Å²) in [6.07, 6.45) is 1.54. The molecule has 1 aromatic carbocycles. The number of primary amides is 1. The number of anilines is 3. The lowest BCUT2D eigenvalue weighted by atomic mass is 9.96. The molecule has 0 aliphatic carbocycles. The molecular weight excluding hydrogens is 306 g/mol. The van der Waals surface area contributed by atoms with Crippen molar-refractivity contribution in [1.82, 2.24) is 19.9 Å². The highest BCUT2D eigenvalue weighted by molar-refractivity contribution is 5.76. The zero-order valence-corrected chi connectivity index (χ0v) is 13.4. The number of nitrogens with two attached hydrogens (primary N) is 2. The highest BCUT2D eigenvalue weighted by atomic mass is 16.1. The van der Waals surface area contributed by atoms with Crippen molar-refractivity contribution in [3.05, 3.63) is 36.2 Å². The predicted molar refractivity (Wildman–Crippen MR) is 91.2 cm³/mol. The zero-order chi connectivity index (χ0) is 16.9. The third-order valence-electron chi connectivity index (χ3n) is 4.08. The van der Waals surface area contributed by atoms with E-state index in [0.29, 0.717) is 18.3 Å². The van der Waals surface area contributed by atoms with E-state index in [1.165, 1.54) is 0 Å². The largest absolute Gasteiger partial charge is 0.369 e. The average molecular weight is 327 g/mol. The summed E-state index contributed by atoms with van der Waals surface area (Å²) in [5.74, 6) is 0.980. The van der Waals surface area contributed by atoms with Gasteiger partial charge < -0.3 is 16.8 Å². The van der Waals surface area contributed by atoms with Crippen LogP contribution >= 0.6 is 0 Å². The van der Waals surface area contributed by atoms with Crippen LogP contribution in [0.4, 0.5) is 17.6 Å². The summed E-state index contributed by atoms with van der Waals surface area (Å²) in [4.78, 5) is 26.2. The van der Waals surface area contributed by atoms with Crippen LogP contribution in [0.3, 0.4) is 0 Å². The van der Waals surface area contributed by atoms with Crippen molar-refractivity contribution in [3.63, 3.8) is 0 Å². The van der Waals surface area contributed by atoms with E-state index in [4.69, 9.17) is 11.5 Å². The number of carbonyl (C=O) groups excluding carboxylic acids is 1. The molecule has 2 heterocycles. The van der Waals surface area contributed by atoms with Crippen LogP contribution in [-0.2, 0) is 11.3 Å². The fraction of sp³-hybridized carbons (Fsp3) is 0.375. The standard InChI is InChI=1S/C16H21N7O/c17-14(24)11-6-8-23(9-7-11)10-13-20-15(18)22-16(21-13)19-12-4-2-1-3-5-12/h1-5,11H,6-10H2,(H2,17,24)(H3,18,19,20,21,22). The van der Waals surface area contributed by atoms with E-state index in [2.05, 4.69) is 25.2 Å². The molecule has 0 atom stereocenters. The van der Waals surface area contributed by atoms with Gasteiger partial charge in [0.05, 0.1) is 6.54 Å². The summed E-state index contributed by atoms with van der Waals surface area (Å²) in [5.41, 5.74) is 12.0. The Kier molecular flexibility index (Phi) is 4.85. The highest BCUT2D eigenvalue weighted by Gasteiger charge is 2.23. The Hall–Kier alpha value is -2.74. The molecule has 0 saturated carbocycles. The summed E-state index contributed by atoms with van der Waals surface area (Å²) < 4.78 is 0. The predicted octanol–water partition coefficient (Wildman–Crippen LogP) is 0.895. The first-order valence-corrected chi connectivity index (χ1v) is 7.94. The normalized spacial score (nSPS) is 16.0. The van der Waals surface area contributed by atoms with Crippen molar-refractivity contribution in [3.8, 4) is 0 Å². The molecule has 0 spiro atoms. The SMILES string of the molecule is NC(=O)C1CCN(Cc2nc(N)nc(Nc3ccccc3)n2)CC1. The van der Waals surface area contributed by atoms with Crippen LogP contribution in [-0.4, -0.2) is 38.8 Å². The third-order valence-corrected chi connectivity index (χ3v) is 4.08. The number of para-hydroxylation sites is 1. The van der Waals surface area contributed by atoms with Crippen LogP contribution in [0.15, 0.2) is 30.3 Å². The van der Waals surface area contributed by atoms with Crippen LogP contribution in [0.25, 0.3) is 0 Å². The Morgan fingerprint density at radius 2 is 1.88 bits per heavy atom. The van der Waals surface area contributed by atoms with Crippen LogP contribution in [0.1, 0.15) is 18.7 Å². The Labute approximate surface area is 140 Å². The maximum Gasteiger partial charge on any atom is 0.232 e. The first kappa shape index (κ1) is 16.1. The summed E-state index contributed by atoms with van der Waals surface area (Å²) in [5, 5.41) is 3.12. The van der Waals surface area contributed by atoms with E-state index in [1.807, 2.05) is 30.3 Å². The quantitative estimate of drug-likeness (QED) is 0.745. The molecule has 8 nitrogen and oxygen atoms in total. The number of hydrogen-bond donors (Lipinski definition) is 3. The molecule has 1 fully saturated rings. The van der Waals surface area contributed by atoms with Crippen molar-refractivity contribution in [2.24, 2.45) is 11.7 Å². The molecule has 0 bridgehead atoms. The molecule has 1 aliphatic heterocycles. The van der Waals surface area contributed by atoms with Crippen LogP contribution in [0, 0.1) is 5.92 Å². The van der Waals surface area contributed by atoms with E-state index >= 15 is 0 Å². The molecule has 1 amide bonds. The number of carbonyl (C=O) groups is 1. The van der Waals surface area contributed by atoms with Gasteiger partial charge in [0.25, 0.3) is 0 Å². The second-order valence-electron chi connectivity index (χ2n) is 5.88. The van der Waals surface area contributed by atoms with Gasteiger partial charge in [-0.2, -0.15) is 15.0 Å². The van der Waals surface area contributed by atoms with Crippen molar-refractivity contribution >= 4 is 23.5 Å². The highest BCUT2D eigenvalue weighted by Crippen LogP contribution is 2.19. The monoisotopic (exact) mass is 327 g/mol. The van der Waals surface area contributed by atoms with Gasteiger partial charge >= 0.3 is 0 Å². The van der Waals surface area contributed by atoms with Crippen molar-refractivity contribution in [1.29, 1.82) is 0 Å². The van der Waals surface area contributed by atoms with Gasteiger partial charge in [-0.1, -0.05) is 18.2 Å². The second kappa shape index (κ2) is 7.22. The minimum absolute atomic E-state index is 0.0278. The molecule has 0 unspecified atom stereocenters. The maximum atomic E-state index is 11.2. The lowest BCUT2D eigenvalue weighted by Gasteiger charge is -2.29. The number of rotatable bonds is 5. The lowest BCUT2D eigenvalue weighted by Crippen LogP contribution is -2.38. The van der Waals surface area contributed by atoms with E-state index in [1.54, 1.807) is 0 Å². The van der Waals surface area contributed by atoms with Crippen molar-refractivity contribution in [2.45, 2.75) is 19.4 Å². The summed E-state index contributed by atoms with van der Waals surface area (Å²) in [6.45, 7) is 2.16. The molecule has 0 radical (unpaired) electrons.